The van der Waals surface area contributed by atoms with Crippen LogP contribution >= 0.6 is 11.6 Å². The molecule has 0 unspecified atom stereocenters. The van der Waals surface area contributed by atoms with Gasteiger partial charge in [-0.3, -0.25) is 14.4 Å². The van der Waals surface area contributed by atoms with Crippen molar-refractivity contribution in [1.29, 1.82) is 0 Å². The van der Waals surface area contributed by atoms with Crippen molar-refractivity contribution < 1.29 is 14.4 Å². The molecule has 0 spiro atoms. The molecular formula is C19H20ClN3O3. The summed E-state index contributed by atoms with van der Waals surface area (Å²) in [5.74, 6) is -1.04. The van der Waals surface area contributed by atoms with Crippen LogP contribution in [0.3, 0.4) is 0 Å². The smallest absolute Gasteiger partial charge is 0.251 e. The highest BCUT2D eigenvalue weighted by Gasteiger charge is 2.14. The number of likely N-dealkylation sites (N-methyl/N-ethyl adjacent to an activating group) is 1. The highest BCUT2D eigenvalue weighted by atomic mass is 35.5. The fourth-order valence-electron chi connectivity index (χ4n) is 2.22. The van der Waals surface area contributed by atoms with E-state index in [0.29, 0.717) is 16.3 Å². The molecular weight excluding hydrogens is 354 g/mol. The first-order valence-electron chi connectivity index (χ1n) is 7.99. The van der Waals surface area contributed by atoms with Crippen molar-refractivity contribution in [3.05, 3.63) is 64.7 Å². The molecule has 26 heavy (non-hydrogen) atoms. The Bertz CT molecular complexity index is 806. The van der Waals surface area contributed by atoms with Crippen LogP contribution in [0.1, 0.15) is 15.9 Å². The minimum absolute atomic E-state index is 0.123. The lowest BCUT2D eigenvalue weighted by molar-refractivity contribution is -0.132. The van der Waals surface area contributed by atoms with Gasteiger partial charge in [-0.05, 0) is 43.3 Å². The summed E-state index contributed by atoms with van der Waals surface area (Å²) >= 11 is 5.79. The Labute approximate surface area is 157 Å². The third-order valence-electron chi connectivity index (χ3n) is 3.61. The predicted octanol–water partition coefficient (Wildman–Crippen LogP) is 2.48. The van der Waals surface area contributed by atoms with Crippen LogP contribution in [-0.2, 0) is 9.59 Å². The average Bonchev–Trinajstić information content (AvgIpc) is 2.61. The monoisotopic (exact) mass is 373 g/mol. The van der Waals surface area contributed by atoms with Crippen molar-refractivity contribution >= 4 is 35.0 Å². The van der Waals surface area contributed by atoms with E-state index in [1.54, 1.807) is 42.5 Å². The zero-order valence-electron chi connectivity index (χ0n) is 14.6. The number of hydrogen-bond donors (Lipinski definition) is 2. The summed E-state index contributed by atoms with van der Waals surface area (Å²) in [7, 11) is 1.50. The van der Waals surface area contributed by atoms with Crippen LogP contribution in [0.4, 0.5) is 5.69 Å². The quantitative estimate of drug-likeness (QED) is 0.816. The van der Waals surface area contributed by atoms with E-state index in [1.165, 1.54) is 11.9 Å². The van der Waals surface area contributed by atoms with Crippen LogP contribution in [0.25, 0.3) is 0 Å². The number of carbonyl (C=O) groups excluding carboxylic acids is 3. The Hall–Kier alpha value is -2.86. The molecule has 136 valence electrons. The molecule has 0 saturated heterocycles. The van der Waals surface area contributed by atoms with Crippen LogP contribution in [0.5, 0.6) is 0 Å². The van der Waals surface area contributed by atoms with Crippen molar-refractivity contribution in [2.75, 3.05) is 25.5 Å². The summed E-state index contributed by atoms with van der Waals surface area (Å²) in [4.78, 5) is 37.4. The number of benzene rings is 2. The van der Waals surface area contributed by atoms with Gasteiger partial charge in [0, 0.05) is 23.3 Å². The fraction of sp³-hybridized carbons (Fsp3) is 0.211. The first kappa shape index (κ1) is 19.5. The van der Waals surface area contributed by atoms with E-state index in [4.69, 9.17) is 11.6 Å². The van der Waals surface area contributed by atoms with E-state index in [1.807, 2.05) is 13.0 Å². The van der Waals surface area contributed by atoms with Gasteiger partial charge in [0.2, 0.25) is 11.8 Å². The van der Waals surface area contributed by atoms with Gasteiger partial charge in [0.25, 0.3) is 5.91 Å². The SMILES string of the molecule is Cc1cccc(C(=O)NCC(=O)N(C)CC(=O)Nc2ccc(Cl)cc2)c1. The Morgan fingerprint density at radius 3 is 2.42 bits per heavy atom. The molecule has 7 heteroatoms. The summed E-state index contributed by atoms with van der Waals surface area (Å²) in [5, 5.41) is 5.80. The van der Waals surface area contributed by atoms with E-state index >= 15 is 0 Å². The lowest BCUT2D eigenvalue weighted by atomic mass is 10.1. The fourth-order valence-corrected chi connectivity index (χ4v) is 2.34. The molecule has 2 aromatic rings. The summed E-state index contributed by atoms with van der Waals surface area (Å²) in [6.45, 7) is 1.58. The molecule has 6 nitrogen and oxygen atoms in total. The van der Waals surface area contributed by atoms with E-state index in [2.05, 4.69) is 10.6 Å². The predicted molar refractivity (Wildman–Crippen MR) is 101 cm³/mol. The number of nitrogens with one attached hydrogen (secondary N) is 2. The van der Waals surface area contributed by atoms with Gasteiger partial charge in [0.1, 0.15) is 0 Å². The Morgan fingerprint density at radius 1 is 1.08 bits per heavy atom. The first-order chi connectivity index (χ1) is 12.3. The van der Waals surface area contributed by atoms with Crippen molar-refractivity contribution in [1.82, 2.24) is 10.2 Å². The van der Waals surface area contributed by atoms with Crippen LogP contribution < -0.4 is 10.6 Å². The third-order valence-corrected chi connectivity index (χ3v) is 3.87. The molecule has 3 amide bonds. The number of hydrogen-bond acceptors (Lipinski definition) is 3. The summed E-state index contributed by atoms with van der Waals surface area (Å²) in [6, 6.07) is 13.7. The summed E-state index contributed by atoms with van der Waals surface area (Å²) in [5.41, 5.74) is 2.04. The number of aryl methyl sites for hydroxylation is 1. The van der Waals surface area contributed by atoms with Crippen LogP contribution in [0, 0.1) is 6.92 Å². The molecule has 0 aliphatic heterocycles. The van der Waals surface area contributed by atoms with Crippen LogP contribution in [-0.4, -0.2) is 42.8 Å². The highest BCUT2D eigenvalue weighted by Crippen LogP contribution is 2.13. The molecule has 2 rings (SSSR count). The van der Waals surface area contributed by atoms with Crippen molar-refractivity contribution in [2.24, 2.45) is 0 Å². The molecule has 0 aliphatic carbocycles. The van der Waals surface area contributed by atoms with Gasteiger partial charge in [0.05, 0.1) is 13.1 Å². The Morgan fingerprint density at radius 2 is 1.77 bits per heavy atom. The molecule has 0 radical (unpaired) electrons. The number of anilines is 1. The lowest BCUT2D eigenvalue weighted by Gasteiger charge is -2.17. The molecule has 0 heterocycles. The molecule has 0 saturated carbocycles. The second-order valence-corrected chi connectivity index (χ2v) is 6.29. The first-order valence-corrected chi connectivity index (χ1v) is 8.37. The maximum absolute atomic E-state index is 12.1. The Kier molecular flexibility index (Phi) is 6.74. The number of carbonyl (C=O) groups is 3. The minimum Gasteiger partial charge on any atom is -0.343 e. The summed E-state index contributed by atoms with van der Waals surface area (Å²) < 4.78 is 0. The Balaban J connectivity index is 1.80. The van der Waals surface area contributed by atoms with E-state index in [9.17, 15) is 14.4 Å². The van der Waals surface area contributed by atoms with Gasteiger partial charge in [-0.2, -0.15) is 0 Å². The third kappa shape index (κ3) is 5.89. The number of halogens is 1. The number of rotatable bonds is 6. The zero-order valence-corrected chi connectivity index (χ0v) is 15.3. The normalized spacial score (nSPS) is 10.1. The molecule has 0 aromatic heterocycles. The van der Waals surface area contributed by atoms with Gasteiger partial charge in [-0.1, -0.05) is 29.3 Å². The van der Waals surface area contributed by atoms with Gasteiger partial charge >= 0.3 is 0 Å². The topological polar surface area (TPSA) is 78.5 Å². The standard InChI is InChI=1S/C19H20ClN3O3/c1-13-4-3-5-14(10-13)19(26)21-11-18(25)23(2)12-17(24)22-16-8-6-15(20)7-9-16/h3-10H,11-12H2,1-2H3,(H,21,26)(H,22,24). The maximum Gasteiger partial charge on any atom is 0.251 e. The number of amides is 3. The van der Waals surface area contributed by atoms with Gasteiger partial charge in [0.15, 0.2) is 0 Å². The number of nitrogens with zero attached hydrogens (tertiary/aromatic N) is 1. The lowest BCUT2D eigenvalue weighted by Crippen LogP contribution is -2.41. The second kappa shape index (κ2) is 9.01. The molecule has 0 bridgehead atoms. The van der Waals surface area contributed by atoms with Gasteiger partial charge in [-0.25, -0.2) is 0 Å². The molecule has 0 fully saturated rings. The van der Waals surface area contributed by atoms with Crippen LogP contribution in [0.2, 0.25) is 5.02 Å². The molecule has 0 atom stereocenters. The van der Waals surface area contributed by atoms with E-state index < -0.39 is 0 Å². The average molecular weight is 374 g/mol. The van der Waals surface area contributed by atoms with Crippen molar-refractivity contribution in [3.63, 3.8) is 0 Å². The zero-order chi connectivity index (χ0) is 19.1. The highest BCUT2D eigenvalue weighted by molar-refractivity contribution is 6.30. The van der Waals surface area contributed by atoms with Gasteiger partial charge < -0.3 is 15.5 Å². The molecule has 2 aromatic carbocycles. The molecule has 2 N–H and O–H groups in total. The van der Waals surface area contributed by atoms with Crippen molar-refractivity contribution in [3.8, 4) is 0 Å². The van der Waals surface area contributed by atoms with Crippen molar-refractivity contribution in [2.45, 2.75) is 6.92 Å². The van der Waals surface area contributed by atoms with Gasteiger partial charge in [-0.15, -0.1) is 0 Å². The largest absolute Gasteiger partial charge is 0.343 e. The molecule has 0 aliphatic rings. The maximum atomic E-state index is 12.1. The van der Waals surface area contributed by atoms with E-state index in [-0.39, 0.29) is 30.8 Å². The second-order valence-electron chi connectivity index (χ2n) is 5.86. The summed E-state index contributed by atoms with van der Waals surface area (Å²) in [6.07, 6.45) is 0. The minimum atomic E-state index is -0.364. The van der Waals surface area contributed by atoms with Crippen LogP contribution in [0.15, 0.2) is 48.5 Å². The van der Waals surface area contributed by atoms with E-state index in [0.717, 1.165) is 5.56 Å².